The van der Waals surface area contributed by atoms with E-state index in [9.17, 15) is 10.1 Å². The molecule has 1 aromatic rings. The highest BCUT2D eigenvalue weighted by Gasteiger charge is 2.20. The lowest BCUT2D eigenvalue weighted by molar-refractivity contribution is -0.385. The van der Waals surface area contributed by atoms with Crippen molar-refractivity contribution >= 4 is 27.4 Å². The topological polar surface area (TPSA) is 77.3 Å². The van der Waals surface area contributed by atoms with Crippen LogP contribution in [0.25, 0.3) is 0 Å². The van der Waals surface area contributed by atoms with Crippen molar-refractivity contribution < 1.29 is 9.66 Å². The SMILES string of the molecule is O=[N+]([O-])c1cnc(NCCOCC2CC2)c(Br)c1. The van der Waals surface area contributed by atoms with Gasteiger partial charge in [-0.05, 0) is 34.7 Å². The average molecular weight is 316 g/mol. The molecule has 1 fully saturated rings. The van der Waals surface area contributed by atoms with E-state index >= 15 is 0 Å². The average Bonchev–Trinajstić information content (AvgIpc) is 3.14. The zero-order valence-corrected chi connectivity index (χ0v) is 11.4. The summed E-state index contributed by atoms with van der Waals surface area (Å²) in [5.41, 5.74) is -0.0302. The fourth-order valence-electron chi connectivity index (χ4n) is 1.43. The zero-order valence-electron chi connectivity index (χ0n) is 9.76. The summed E-state index contributed by atoms with van der Waals surface area (Å²) in [7, 11) is 0. The van der Waals surface area contributed by atoms with Crippen molar-refractivity contribution in [3.05, 3.63) is 26.9 Å². The summed E-state index contributed by atoms with van der Waals surface area (Å²) in [6.07, 6.45) is 3.80. The van der Waals surface area contributed by atoms with Gasteiger partial charge in [-0.25, -0.2) is 4.98 Å². The Kier molecular flexibility index (Phi) is 4.48. The van der Waals surface area contributed by atoms with E-state index in [0.29, 0.717) is 23.4 Å². The number of halogens is 1. The molecule has 1 saturated carbocycles. The number of pyridine rings is 1. The molecule has 0 bridgehead atoms. The van der Waals surface area contributed by atoms with Crippen LogP contribution in [0.3, 0.4) is 0 Å². The molecule has 1 N–H and O–H groups in total. The fourth-order valence-corrected chi connectivity index (χ4v) is 1.91. The third-order valence-corrected chi connectivity index (χ3v) is 3.23. The van der Waals surface area contributed by atoms with Crippen molar-refractivity contribution in [1.82, 2.24) is 4.98 Å². The van der Waals surface area contributed by atoms with Crippen LogP contribution in [0.4, 0.5) is 11.5 Å². The summed E-state index contributed by atoms with van der Waals surface area (Å²) in [4.78, 5) is 14.1. The second kappa shape index (κ2) is 6.10. The first-order valence-corrected chi connectivity index (χ1v) is 6.57. The Labute approximate surface area is 113 Å². The molecule has 1 heterocycles. The number of nitrogens with one attached hydrogen (secondary N) is 1. The highest BCUT2D eigenvalue weighted by molar-refractivity contribution is 9.10. The second-order valence-electron chi connectivity index (χ2n) is 4.23. The van der Waals surface area contributed by atoms with E-state index in [1.807, 2.05) is 0 Å². The first-order valence-electron chi connectivity index (χ1n) is 5.78. The Hall–Kier alpha value is -1.21. The third-order valence-electron chi connectivity index (χ3n) is 2.63. The lowest BCUT2D eigenvalue weighted by Gasteiger charge is -2.07. The van der Waals surface area contributed by atoms with Gasteiger partial charge in [0.05, 0.1) is 16.0 Å². The molecule has 0 amide bonds. The van der Waals surface area contributed by atoms with Gasteiger partial charge in [-0.1, -0.05) is 0 Å². The van der Waals surface area contributed by atoms with Crippen LogP contribution < -0.4 is 5.32 Å². The number of hydrogen-bond donors (Lipinski definition) is 1. The van der Waals surface area contributed by atoms with Crippen LogP contribution in [-0.4, -0.2) is 29.7 Å². The van der Waals surface area contributed by atoms with Gasteiger partial charge in [0.1, 0.15) is 12.0 Å². The van der Waals surface area contributed by atoms with Crippen molar-refractivity contribution in [3.63, 3.8) is 0 Å². The van der Waals surface area contributed by atoms with Crippen LogP contribution in [0, 0.1) is 16.0 Å². The van der Waals surface area contributed by atoms with Gasteiger partial charge < -0.3 is 10.1 Å². The molecule has 0 spiro atoms. The molecule has 1 aliphatic carbocycles. The minimum absolute atomic E-state index is 0.0302. The molecule has 7 heteroatoms. The minimum atomic E-state index is -0.472. The van der Waals surface area contributed by atoms with Crippen LogP contribution in [0.2, 0.25) is 0 Å². The lowest BCUT2D eigenvalue weighted by atomic mass is 10.4. The van der Waals surface area contributed by atoms with Gasteiger partial charge in [0.2, 0.25) is 0 Å². The van der Waals surface area contributed by atoms with Gasteiger partial charge in [0.15, 0.2) is 0 Å². The smallest absolute Gasteiger partial charge is 0.288 e. The molecule has 2 rings (SSSR count). The number of anilines is 1. The van der Waals surface area contributed by atoms with E-state index in [2.05, 4.69) is 26.2 Å². The molecule has 98 valence electrons. The summed E-state index contributed by atoms with van der Waals surface area (Å²) in [6, 6.07) is 1.43. The third kappa shape index (κ3) is 3.92. The van der Waals surface area contributed by atoms with Crippen LogP contribution in [0.5, 0.6) is 0 Å². The maximum Gasteiger partial charge on any atom is 0.288 e. The lowest BCUT2D eigenvalue weighted by Crippen LogP contribution is -2.12. The van der Waals surface area contributed by atoms with Gasteiger partial charge in [-0.15, -0.1) is 0 Å². The molecule has 0 aliphatic heterocycles. The molecular formula is C11H14BrN3O3. The Bertz CT molecular complexity index is 438. The summed E-state index contributed by atoms with van der Waals surface area (Å²) in [5.74, 6) is 1.35. The van der Waals surface area contributed by atoms with Crippen LogP contribution in [0.1, 0.15) is 12.8 Å². The monoisotopic (exact) mass is 315 g/mol. The molecule has 1 aromatic heterocycles. The van der Waals surface area contributed by atoms with Crippen molar-refractivity contribution in [2.45, 2.75) is 12.8 Å². The molecule has 0 aromatic carbocycles. The molecule has 0 radical (unpaired) electrons. The largest absolute Gasteiger partial charge is 0.379 e. The molecule has 18 heavy (non-hydrogen) atoms. The first-order chi connectivity index (χ1) is 8.66. The molecular weight excluding hydrogens is 302 g/mol. The van der Waals surface area contributed by atoms with Crippen LogP contribution >= 0.6 is 15.9 Å². The standard InChI is InChI=1S/C11H14BrN3O3/c12-10-5-9(15(16)17)6-14-11(10)13-3-4-18-7-8-1-2-8/h5-6,8H,1-4,7H2,(H,13,14). The van der Waals surface area contributed by atoms with Gasteiger partial charge in [0.25, 0.3) is 5.69 Å². The molecule has 0 saturated heterocycles. The van der Waals surface area contributed by atoms with Gasteiger partial charge in [-0.3, -0.25) is 10.1 Å². The van der Waals surface area contributed by atoms with Crippen molar-refractivity contribution in [1.29, 1.82) is 0 Å². The number of nitro groups is 1. The van der Waals surface area contributed by atoms with Crippen molar-refractivity contribution in [2.75, 3.05) is 25.1 Å². The van der Waals surface area contributed by atoms with Gasteiger partial charge >= 0.3 is 0 Å². The Morgan fingerprint density at radius 2 is 2.39 bits per heavy atom. The number of hydrogen-bond acceptors (Lipinski definition) is 5. The highest BCUT2D eigenvalue weighted by Crippen LogP contribution is 2.28. The van der Waals surface area contributed by atoms with Crippen LogP contribution in [-0.2, 0) is 4.74 Å². The predicted octanol–water partition coefficient (Wildman–Crippen LogP) is 2.59. The summed E-state index contributed by atoms with van der Waals surface area (Å²) in [6.45, 7) is 2.08. The fraction of sp³-hybridized carbons (Fsp3) is 0.545. The van der Waals surface area contributed by atoms with E-state index in [4.69, 9.17) is 4.74 Å². The van der Waals surface area contributed by atoms with E-state index in [-0.39, 0.29) is 5.69 Å². The number of aromatic nitrogens is 1. The van der Waals surface area contributed by atoms with Crippen LogP contribution in [0.15, 0.2) is 16.7 Å². The molecule has 0 unspecified atom stereocenters. The second-order valence-corrected chi connectivity index (χ2v) is 5.08. The van der Waals surface area contributed by atoms with Crippen molar-refractivity contribution in [2.24, 2.45) is 5.92 Å². The first kappa shape index (κ1) is 13.2. The minimum Gasteiger partial charge on any atom is -0.379 e. The maximum atomic E-state index is 10.5. The van der Waals surface area contributed by atoms with E-state index in [0.717, 1.165) is 12.5 Å². The molecule has 1 aliphatic rings. The van der Waals surface area contributed by atoms with E-state index in [1.165, 1.54) is 25.1 Å². The number of nitrogens with zero attached hydrogens (tertiary/aromatic N) is 2. The van der Waals surface area contributed by atoms with Gasteiger partial charge in [-0.2, -0.15) is 0 Å². The van der Waals surface area contributed by atoms with Gasteiger partial charge in [0, 0.05) is 19.2 Å². The van der Waals surface area contributed by atoms with Crippen molar-refractivity contribution in [3.8, 4) is 0 Å². The summed E-state index contributed by atoms with van der Waals surface area (Å²) in [5, 5.41) is 13.6. The maximum absolute atomic E-state index is 10.5. The molecule has 0 atom stereocenters. The number of ether oxygens (including phenoxy) is 1. The van der Waals surface area contributed by atoms with E-state index in [1.54, 1.807) is 0 Å². The Balaban J connectivity index is 1.75. The van der Waals surface area contributed by atoms with E-state index < -0.39 is 4.92 Å². The highest BCUT2D eigenvalue weighted by atomic mass is 79.9. The zero-order chi connectivity index (χ0) is 13.0. The quantitative estimate of drug-likeness (QED) is 0.475. The summed E-state index contributed by atoms with van der Waals surface area (Å²) < 4.78 is 6.05. The Morgan fingerprint density at radius 3 is 3.00 bits per heavy atom. The summed E-state index contributed by atoms with van der Waals surface area (Å²) >= 11 is 3.25. The molecule has 6 nitrogen and oxygen atoms in total. The Morgan fingerprint density at radius 1 is 1.61 bits per heavy atom. The number of rotatable bonds is 7. The predicted molar refractivity (Wildman–Crippen MR) is 70.6 cm³/mol. The normalized spacial score (nSPS) is 14.5.